The van der Waals surface area contributed by atoms with Gasteiger partial charge in [0.05, 0.1) is 16.8 Å². The molecule has 0 unspecified atom stereocenters. The summed E-state index contributed by atoms with van der Waals surface area (Å²) in [5.41, 5.74) is 7.05. The molecule has 5 rings (SSSR count). The van der Waals surface area contributed by atoms with E-state index in [2.05, 4.69) is 39.3 Å². The highest BCUT2D eigenvalue weighted by Gasteiger charge is 2.15. The molecule has 0 aliphatic heterocycles. The van der Waals surface area contributed by atoms with E-state index < -0.39 is 0 Å². The van der Waals surface area contributed by atoms with Crippen molar-refractivity contribution in [2.45, 2.75) is 6.92 Å². The molecule has 29 heavy (non-hydrogen) atoms. The van der Waals surface area contributed by atoms with E-state index in [-0.39, 0.29) is 0 Å². The van der Waals surface area contributed by atoms with Crippen molar-refractivity contribution in [2.75, 3.05) is 5.32 Å². The normalized spacial score (nSPS) is 10.9. The molecule has 2 aromatic carbocycles. The second-order valence-corrected chi connectivity index (χ2v) is 6.90. The molecule has 0 radical (unpaired) electrons. The Morgan fingerprint density at radius 1 is 1.00 bits per heavy atom. The molecule has 0 bridgehead atoms. The molecule has 0 spiro atoms. The summed E-state index contributed by atoms with van der Waals surface area (Å²) in [6, 6.07) is 18.4. The summed E-state index contributed by atoms with van der Waals surface area (Å²) < 4.78 is 0. The molecular weight excluding hydrogens is 358 g/mol. The monoisotopic (exact) mass is 375 g/mol. The Kier molecular flexibility index (Phi) is 3.96. The molecule has 0 saturated heterocycles. The largest absolute Gasteiger partial charge is 0.361 e. The molecule has 0 aliphatic carbocycles. The summed E-state index contributed by atoms with van der Waals surface area (Å²) in [5.74, 6) is 0. The number of nitrogens with one attached hydrogen (secondary N) is 2. The molecule has 3 heterocycles. The molecule has 3 aromatic heterocycles. The zero-order valence-electron chi connectivity index (χ0n) is 15.8. The molecule has 0 saturated carbocycles. The highest BCUT2D eigenvalue weighted by molar-refractivity contribution is 5.99. The topological polar surface area (TPSA) is 77.4 Å². The van der Waals surface area contributed by atoms with Crippen LogP contribution in [0.25, 0.3) is 32.9 Å². The third-order valence-electron chi connectivity index (χ3n) is 5.25. The molecule has 5 nitrogen and oxygen atoms in total. The van der Waals surface area contributed by atoms with Crippen molar-refractivity contribution < 1.29 is 0 Å². The number of aromatic amines is 1. The van der Waals surface area contributed by atoms with Crippen molar-refractivity contribution in [3.05, 3.63) is 84.4 Å². The molecule has 0 amide bonds. The van der Waals surface area contributed by atoms with Gasteiger partial charge < -0.3 is 10.3 Å². The number of pyridine rings is 2. The van der Waals surface area contributed by atoms with Gasteiger partial charge in [0.25, 0.3) is 0 Å². The number of rotatable bonds is 3. The fourth-order valence-electron chi connectivity index (χ4n) is 3.76. The predicted molar refractivity (Wildman–Crippen MR) is 116 cm³/mol. The minimum Gasteiger partial charge on any atom is -0.361 e. The zero-order chi connectivity index (χ0) is 19.8. The number of hydrogen-bond acceptors (Lipinski definition) is 4. The smallest absolute Gasteiger partial charge is 0.103 e. The summed E-state index contributed by atoms with van der Waals surface area (Å²) in [4.78, 5) is 12.1. The number of nitrogens with zero attached hydrogens (tertiary/aromatic N) is 3. The van der Waals surface area contributed by atoms with E-state index in [1.54, 1.807) is 18.6 Å². The Morgan fingerprint density at radius 3 is 2.79 bits per heavy atom. The van der Waals surface area contributed by atoms with Gasteiger partial charge in [0, 0.05) is 57.9 Å². The van der Waals surface area contributed by atoms with Crippen LogP contribution in [0.4, 0.5) is 11.4 Å². The highest BCUT2D eigenvalue weighted by atomic mass is 14.9. The highest BCUT2D eigenvalue weighted by Crippen LogP contribution is 2.37. The summed E-state index contributed by atoms with van der Waals surface area (Å²) >= 11 is 0. The van der Waals surface area contributed by atoms with Gasteiger partial charge in [0.15, 0.2) is 0 Å². The van der Waals surface area contributed by atoms with Crippen LogP contribution >= 0.6 is 0 Å². The average molecular weight is 375 g/mol. The minimum atomic E-state index is 0.490. The second kappa shape index (κ2) is 6.77. The quantitative estimate of drug-likeness (QED) is 0.424. The summed E-state index contributed by atoms with van der Waals surface area (Å²) in [6.07, 6.45) is 7.09. The molecule has 5 aromatic rings. The number of aromatic nitrogens is 3. The average Bonchev–Trinajstić information content (AvgIpc) is 3.25. The minimum absolute atomic E-state index is 0.490. The molecule has 138 valence electrons. The van der Waals surface area contributed by atoms with Crippen LogP contribution in [0.1, 0.15) is 11.1 Å². The van der Waals surface area contributed by atoms with Crippen LogP contribution in [0.5, 0.6) is 0 Å². The van der Waals surface area contributed by atoms with Crippen LogP contribution < -0.4 is 5.32 Å². The van der Waals surface area contributed by atoms with Gasteiger partial charge in [-0.3, -0.25) is 9.97 Å². The van der Waals surface area contributed by atoms with Crippen LogP contribution in [-0.4, -0.2) is 15.0 Å². The Morgan fingerprint density at radius 2 is 1.90 bits per heavy atom. The van der Waals surface area contributed by atoms with E-state index >= 15 is 0 Å². The number of anilines is 2. The van der Waals surface area contributed by atoms with Crippen LogP contribution in [-0.2, 0) is 0 Å². The van der Waals surface area contributed by atoms with Crippen LogP contribution in [0.3, 0.4) is 0 Å². The summed E-state index contributed by atoms with van der Waals surface area (Å²) in [6.45, 7) is 2.07. The first-order valence-corrected chi connectivity index (χ1v) is 9.32. The van der Waals surface area contributed by atoms with E-state index in [0.717, 1.165) is 49.9 Å². The van der Waals surface area contributed by atoms with E-state index in [9.17, 15) is 5.26 Å². The molecular formula is C24H17N5. The number of aryl methyl sites for hydroxylation is 1. The Balaban J connectivity index is 1.72. The molecule has 2 N–H and O–H groups in total. The van der Waals surface area contributed by atoms with E-state index in [1.165, 1.54) is 0 Å². The van der Waals surface area contributed by atoms with Gasteiger partial charge in [0.2, 0.25) is 0 Å². The number of nitriles is 1. The maximum Gasteiger partial charge on any atom is 0.103 e. The Bertz CT molecular complexity index is 1400. The lowest BCUT2D eigenvalue weighted by atomic mass is 9.99. The number of H-pyrrole nitrogens is 1. The van der Waals surface area contributed by atoms with E-state index in [0.29, 0.717) is 5.56 Å². The van der Waals surface area contributed by atoms with Gasteiger partial charge in [-0.25, -0.2) is 0 Å². The van der Waals surface area contributed by atoms with Crippen molar-refractivity contribution in [2.24, 2.45) is 0 Å². The number of hydrogen-bond donors (Lipinski definition) is 2. The summed E-state index contributed by atoms with van der Waals surface area (Å²) in [5, 5.41) is 15.4. The van der Waals surface area contributed by atoms with Gasteiger partial charge in [-0.15, -0.1) is 0 Å². The first-order chi connectivity index (χ1) is 14.3. The van der Waals surface area contributed by atoms with E-state index in [1.807, 2.05) is 48.7 Å². The zero-order valence-corrected chi connectivity index (χ0v) is 15.8. The van der Waals surface area contributed by atoms with Crippen LogP contribution in [0.2, 0.25) is 0 Å². The number of fused-ring (bicyclic) bond motifs is 2. The predicted octanol–water partition coefficient (Wildman–Crippen LogP) is 5.70. The van der Waals surface area contributed by atoms with Crippen LogP contribution in [0.15, 0.2) is 73.3 Å². The second-order valence-electron chi connectivity index (χ2n) is 6.90. The molecule has 0 aliphatic rings. The standard InChI is InChI=1S/C24H17N5/c1-15-18-9-11-27-22(18)8-7-21(15)29-24-17(12-25)13-26-14-20(24)19-6-2-4-16-5-3-10-28-23(16)19/h2-11,13-14,27H,1H3,(H,26,29). The van der Waals surface area contributed by atoms with Gasteiger partial charge in [-0.05, 0) is 36.8 Å². The molecule has 0 fully saturated rings. The fraction of sp³-hybridized carbons (Fsp3) is 0.0417. The van der Waals surface area contributed by atoms with Crippen molar-refractivity contribution >= 4 is 33.2 Å². The lowest BCUT2D eigenvalue weighted by molar-refractivity contribution is 1.29. The molecule has 0 atom stereocenters. The van der Waals surface area contributed by atoms with Crippen molar-refractivity contribution in [3.63, 3.8) is 0 Å². The first kappa shape index (κ1) is 17.0. The lowest BCUT2D eigenvalue weighted by Gasteiger charge is -2.16. The third kappa shape index (κ3) is 2.79. The van der Waals surface area contributed by atoms with Crippen molar-refractivity contribution in [1.82, 2.24) is 15.0 Å². The molecule has 5 heteroatoms. The van der Waals surface area contributed by atoms with Gasteiger partial charge in [-0.1, -0.05) is 24.3 Å². The SMILES string of the molecule is Cc1c(Nc2c(C#N)cncc2-c2cccc3cccnc23)ccc2[nH]ccc12. The third-order valence-corrected chi connectivity index (χ3v) is 5.25. The maximum absolute atomic E-state index is 9.74. The Hall–Kier alpha value is -4.17. The van der Waals surface area contributed by atoms with Crippen molar-refractivity contribution in [3.8, 4) is 17.2 Å². The van der Waals surface area contributed by atoms with Crippen LogP contribution in [0, 0.1) is 18.3 Å². The van der Waals surface area contributed by atoms with E-state index in [4.69, 9.17) is 0 Å². The maximum atomic E-state index is 9.74. The van der Waals surface area contributed by atoms with Gasteiger partial charge in [-0.2, -0.15) is 5.26 Å². The number of benzene rings is 2. The van der Waals surface area contributed by atoms with Gasteiger partial charge >= 0.3 is 0 Å². The first-order valence-electron chi connectivity index (χ1n) is 9.32. The lowest BCUT2D eigenvalue weighted by Crippen LogP contribution is -2.00. The summed E-state index contributed by atoms with van der Waals surface area (Å²) in [7, 11) is 0. The van der Waals surface area contributed by atoms with Crippen molar-refractivity contribution in [1.29, 1.82) is 5.26 Å². The number of para-hydroxylation sites is 1. The van der Waals surface area contributed by atoms with Gasteiger partial charge in [0.1, 0.15) is 6.07 Å². The Labute approximate surface area is 167 Å². The fourth-order valence-corrected chi connectivity index (χ4v) is 3.76.